The number of H-pyrrole nitrogens is 2. The van der Waals surface area contributed by atoms with Crippen LogP contribution in [0.4, 0.5) is 9.59 Å². The Morgan fingerprint density at radius 2 is 1.34 bits per heavy atom. The number of amides is 4. The molecule has 59 heavy (non-hydrogen) atoms. The first kappa shape index (κ1) is 41.0. The van der Waals surface area contributed by atoms with Gasteiger partial charge in [0, 0.05) is 18.2 Å². The summed E-state index contributed by atoms with van der Waals surface area (Å²) in [7, 11) is 2.57. The van der Waals surface area contributed by atoms with Gasteiger partial charge in [0.25, 0.3) is 0 Å². The molecular weight excluding hydrogens is 749 g/mol. The number of likely N-dealkylation sites (tertiary alicyclic amines) is 1. The van der Waals surface area contributed by atoms with Gasteiger partial charge in [0.1, 0.15) is 23.7 Å². The molecule has 4 atom stereocenters. The summed E-state index contributed by atoms with van der Waals surface area (Å²) in [6.45, 7) is 11.9. The van der Waals surface area contributed by atoms with E-state index < -0.39 is 24.3 Å². The topological polar surface area (TPSA) is 175 Å². The van der Waals surface area contributed by atoms with E-state index in [0.29, 0.717) is 12.4 Å². The summed E-state index contributed by atoms with van der Waals surface area (Å²) in [4.78, 5) is 71.0. The normalized spacial score (nSPS) is 17.2. The van der Waals surface area contributed by atoms with E-state index in [1.54, 1.807) is 18.0 Å². The minimum absolute atomic E-state index is 0.107. The summed E-state index contributed by atoms with van der Waals surface area (Å²) < 4.78 is 9.48. The standard InChI is InChI=1S/C45H54N8O6/c1-25(2)38(51-44(57)59-8)42(55)52-24-45(17-18-45)21-37(52)40-47-23-36(50-40)34-16-15-32-19-31(13-14-33(32)20-34)29-9-11-30(12-10-29)35-22-46-39(49-35)28(6)53(26(3)4)41(54)27(5)48-43(56)58-7/h9-16,19-20,22-23,25-28,37-38H,17-18,21,24H2,1-8H3,(H,46,49)(H,47,50)(H,48,56)(H,51,57)/t27-,28-,37-,38-/m0/s1. The molecule has 0 radical (unpaired) electrons. The molecule has 2 aromatic heterocycles. The third-order valence-electron chi connectivity index (χ3n) is 11.8. The van der Waals surface area contributed by atoms with Crippen LogP contribution in [0.1, 0.15) is 84.5 Å². The molecular formula is C45H54N8O6. The van der Waals surface area contributed by atoms with E-state index in [1.807, 2.05) is 45.7 Å². The smallest absolute Gasteiger partial charge is 0.407 e. The first-order chi connectivity index (χ1) is 28.2. The highest BCUT2D eigenvalue weighted by Gasteiger charge is 2.55. The maximum absolute atomic E-state index is 13.9. The van der Waals surface area contributed by atoms with Crippen molar-refractivity contribution < 1.29 is 28.7 Å². The zero-order valence-electron chi connectivity index (χ0n) is 35.0. The van der Waals surface area contributed by atoms with Crippen molar-refractivity contribution in [1.82, 2.24) is 40.4 Å². The third-order valence-corrected chi connectivity index (χ3v) is 11.8. The fraction of sp³-hybridized carbons (Fsp3) is 0.422. The quantitative estimate of drug-likeness (QED) is 0.0990. The van der Waals surface area contributed by atoms with Crippen molar-refractivity contribution in [2.24, 2.45) is 11.3 Å². The van der Waals surface area contributed by atoms with Crippen molar-refractivity contribution >= 4 is 34.8 Å². The second-order valence-corrected chi connectivity index (χ2v) is 16.6. The number of nitrogens with one attached hydrogen (secondary N) is 4. The number of rotatable bonds is 12. The fourth-order valence-corrected chi connectivity index (χ4v) is 8.28. The monoisotopic (exact) mass is 802 g/mol. The highest BCUT2D eigenvalue weighted by molar-refractivity contribution is 5.91. The van der Waals surface area contributed by atoms with Crippen LogP contribution in [0.2, 0.25) is 0 Å². The molecule has 3 heterocycles. The van der Waals surface area contributed by atoms with E-state index in [0.717, 1.165) is 69.5 Å². The van der Waals surface area contributed by atoms with Gasteiger partial charge >= 0.3 is 12.2 Å². The molecule has 7 rings (SSSR count). The molecule has 4 amide bonds. The number of imidazole rings is 2. The Kier molecular flexibility index (Phi) is 11.5. The number of benzene rings is 3. The van der Waals surface area contributed by atoms with Crippen molar-refractivity contribution in [2.75, 3.05) is 20.8 Å². The number of carbonyl (C=O) groups is 4. The van der Waals surface area contributed by atoms with Gasteiger partial charge in [0.2, 0.25) is 11.8 Å². The van der Waals surface area contributed by atoms with Crippen LogP contribution >= 0.6 is 0 Å². The highest BCUT2D eigenvalue weighted by atomic mass is 16.5. The van der Waals surface area contributed by atoms with Crippen LogP contribution < -0.4 is 10.6 Å². The zero-order chi connectivity index (χ0) is 42.2. The fourth-order valence-electron chi connectivity index (χ4n) is 8.28. The lowest BCUT2D eigenvalue weighted by Crippen LogP contribution is -2.51. The van der Waals surface area contributed by atoms with Gasteiger partial charge in [-0.05, 0) is 97.9 Å². The first-order valence-corrected chi connectivity index (χ1v) is 20.3. The first-order valence-electron chi connectivity index (χ1n) is 20.3. The molecule has 1 aliphatic carbocycles. The third kappa shape index (κ3) is 8.53. The molecule has 0 unspecified atom stereocenters. The van der Waals surface area contributed by atoms with Crippen molar-refractivity contribution in [3.63, 3.8) is 0 Å². The van der Waals surface area contributed by atoms with Gasteiger partial charge in [-0.3, -0.25) is 9.59 Å². The van der Waals surface area contributed by atoms with Gasteiger partial charge in [0.15, 0.2) is 0 Å². The molecule has 1 saturated carbocycles. The summed E-state index contributed by atoms with van der Waals surface area (Å²) in [6, 6.07) is 18.9. The van der Waals surface area contributed by atoms with Crippen molar-refractivity contribution in [1.29, 1.82) is 0 Å². The lowest BCUT2D eigenvalue weighted by Gasteiger charge is -2.34. The lowest BCUT2D eigenvalue weighted by molar-refractivity contribution is -0.137. The van der Waals surface area contributed by atoms with Crippen LogP contribution in [0, 0.1) is 11.3 Å². The molecule has 1 aliphatic heterocycles. The van der Waals surface area contributed by atoms with E-state index in [9.17, 15) is 19.2 Å². The minimum Gasteiger partial charge on any atom is -0.453 e. The SMILES string of the molecule is COC(=O)N[C@@H](C)C(=O)N(C(C)C)[C@@H](C)c1ncc(-c2ccc(-c3ccc4cc(-c5cnc([C@@H]6CC7(CC7)CN6C(=O)[C@@H](NC(=O)OC)C(C)C)[nH]5)ccc4c3)cc2)[nH]1. The second-order valence-electron chi connectivity index (χ2n) is 16.6. The van der Waals surface area contributed by atoms with E-state index >= 15 is 0 Å². The molecule has 5 aromatic rings. The van der Waals surface area contributed by atoms with Crippen molar-refractivity contribution in [3.8, 4) is 33.6 Å². The summed E-state index contributed by atoms with van der Waals surface area (Å²) >= 11 is 0. The second kappa shape index (κ2) is 16.6. The highest BCUT2D eigenvalue weighted by Crippen LogP contribution is 2.58. The number of methoxy groups -OCH3 is 2. The van der Waals surface area contributed by atoms with Gasteiger partial charge in [-0.1, -0.05) is 62.4 Å². The summed E-state index contributed by atoms with van der Waals surface area (Å²) in [5, 5.41) is 7.50. The average Bonchev–Trinajstić information content (AvgIpc) is 3.57. The molecule has 3 aromatic carbocycles. The van der Waals surface area contributed by atoms with Gasteiger partial charge in [-0.15, -0.1) is 0 Å². The zero-order valence-corrected chi connectivity index (χ0v) is 35.0. The van der Waals surface area contributed by atoms with Crippen LogP contribution in [0.15, 0.2) is 73.1 Å². The van der Waals surface area contributed by atoms with Crippen LogP contribution in [0.3, 0.4) is 0 Å². The number of alkyl carbamates (subject to hydrolysis) is 2. The summed E-state index contributed by atoms with van der Waals surface area (Å²) in [5.41, 5.74) is 5.94. The summed E-state index contributed by atoms with van der Waals surface area (Å²) in [6.07, 6.45) is 5.35. The number of aromatic nitrogens is 4. The Hall–Kier alpha value is -6.18. The van der Waals surface area contributed by atoms with E-state index in [1.165, 1.54) is 14.2 Å². The number of fused-ring (bicyclic) bond motifs is 1. The predicted molar refractivity (Wildman–Crippen MR) is 225 cm³/mol. The van der Waals surface area contributed by atoms with Crippen molar-refractivity contribution in [3.05, 3.63) is 84.7 Å². The molecule has 0 bridgehead atoms. The number of hydrogen-bond acceptors (Lipinski definition) is 8. The van der Waals surface area contributed by atoms with E-state index in [4.69, 9.17) is 9.72 Å². The van der Waals surface area contributed by atoms with Crippen LogP contribution in [0.5, 0.6) is 0 Å². The average molecular weight is 803 g/mol. The molecule has 2 aliphatic rings. The molecule has 1 saturated heterocycles. The number of nitrogens with zero attached hydrogens (tertiary/aromatic N) is 4. The Labute approximate surface area is 344 Å². The Bertz CT molecular complexity index is 2350. The maximum Gasteiger partial charge on any atom is 0.407 e. The Morgan fingerprint density at radius 3 is 1.97 bits per heavy atom. The molecule has 14 nitrogen and oxygen atoms in total. The summed E-state index contributed by atoms with van der Waals surface area (Å²) in [5.74, 6) is 0.945. The molecule has 1 spiro atoms. The Morgan fingerprint density at radius 1 is 0.763 bits per heavy atom. The lowest BCUT2D eigenvalue weighted by atomic mass is 9.98. The van der Waals surface area contributed by atoms with Gasteiger partial charge in [-0.25, -0.2) is 19.6 Å². The number of aromatic amines is 2. The van der Waals surface area contributed by atoms with Crippen molar-refractivity contribution in [2.45, 2.75) is 91.0 Å². The molecule has 14 heteroatoms. The Balaban J connectivity index is 1.04. The van der Waals surface area contributed by atoms with E-state index in [-0.39, 0.29) is 41.3 Å². The van der Waals surface area contributed by atoms with Crippen LogP contribution in [-0.2, 0) is 19.1 Å². The van der Waals surface area contributed by atoms with Gasteiger partial charge in [0.05, 0.1) is 50.1 Å². The predicted octanol–water partition coefficient (Wildman–Crippen LogP) is 7.76. The number of ether oxygens (including phenoxy) is 2. The minimum atomic E-state index is -0.762. The number of carbonyl (C=O) groups excluding carboxylic acids is 4. The molecule has 4 N–H and O–H groups in total. The van der Waals surface area contributed by atoms with Crippen LogP contribution in [0.25, 0.3) is 44.4 Å². The molecule has 2 fully saturated rings. The number of hydrogen-bond donors (Lipinski definition) is 4. The molecule has 310 valence electrons. The van der Waals surface area contributed by atoms with Crippen LogP contribution in [-0.4, -0.2) is 92.6 Å². The largest absolute Gasteiger partial charge is 0.453 e. The van der Waals surface area contributed by atoms with E-state index in [2.05, 4.69) is 91.0 Å². The maximum atomic E-state index is 13.9. The van der Waals surface area contributed by atoms with Gasteiger partial charge < -0.3 is 39.9 Å². The van der Waals surface area contributed by atoms with Gasteiger partial charge in [-0.2, -0.15) is 0 Å².